The molecule has 6 heteroatoms. The van der Waals surface area contributed by atoms with Gasteiger partial charge in [-0.15, -0.1) is 0 Å². The highest BCUT2D eigenvalue weighted by Gasteiger charge is 2.21. The van der Waals surface area contributed by atoms with E-state index in [4.69, 9.17) is 0 Å². The van der Waals surface area contributed by atoms with E-state index in [2.05, 4.69) is 10.6 Å². The zero-order chi connectivity index (χ0) is 20.1. The Balaban J connectivity index is 1.97. The summed E-state index contributed by atoms with van der Waals surface area (Å²) in [4.78, 5) is 26.4. The zero-order valence-electron chi connectivity index (χ0n) is 16.4. The molecule has 0 spiro atoms. The van der Waals surface area contributed by atoms with Crippen LogP contribution in [0.5, 0.6) is 0 Å². The molecule has 0 aliphatic heterocycles. The first kappa shape index (κ1) is 20.6. The predicted molar refractivity (Wildman–Crippen MR) is 106 cm³/mol. The van der Waals surface area contributed by atoms with Crippen molar-refractivity contribution in [1.29, 1.82) is 0 Å². The molecule has 2 amide bonds. The number of hydrogen-bond acceptors (Lipinski definition) is 3. The highest BCUT2D eigenvalue weighted by atomic mass is 19.1. The summed E-state index contributed by atoms with van der Waals surface area (Å²) >= 11 is 0. The van der Waals surface area contributed by atoms with Gasteiger partial charge < -0.3 is 10.6 Å². The molecule has 0 bridgehead atoms. The Bertz CT molecular complexity index is 828. The lowest BCUT2D eigenvalue weighted by atomic mass is 10.1. The van der Waals surface area contributed by atoms with E-state index in [-0.39, 0.29) is 24.0 Å². The maximum absolute atomic E-state index is 13.7. The van der Waals surface area contributed by atoms with E-state index in [1.165, 1.54) is 12.1 Å². The molecular weight excluding hydrogens is 345 g/mol. The van der Waals surface area contributed by atoms with Gasteiger partial charge in [-0.2, -0.15) is 0 Å². The molecule has 1 atom stereocenters. The van der Waals surface area contributed by atoms with Crippen molar-refractivity contribution in [2.45, 2.75) is 33.7 Å². The normalized spacial score (nSPS) is 12.0. The van der Waals surface area contributed by atoms with E-state index in [1.54, 1.807) is 31.0 Å². The molecule has 0 heterocycles. The van der Waals surface area contributed by atoms with E-state index in [0.29, 0.717) is 0 Å². The summed E-state index contributed by atoms with van der Waals surface area (Å²) in [7, 11) is 1.68. The number of amides is 2. The Hall–Kier alpha value is -2.73. The summed E-state index contributed by atoms with van der Waals surface area (Å²) in [6.07, 6.45) is 0. The van der Waals surface area contributed by atoms with Gasteiger partial charge >= 0.3 is 0 Å². The van der Waals surface area contributed by atoms with Crippen molar-refractivity contribution in [3.8, 4) is 0 Å². The zero-order valence-corrected chi connectivity index (χ0v) is 16.4. The van der Waals surface area contributed by atoms with Gasteiger partial charge in [0, 0.05) is 5.69 Å². The van der Waals surface area contributed by atoms with Crippen molar-refractivity contribution in [3.05, 3.63) is 58.9 Å². The second-order valence-electron chi connectivity index (χ2n) is 6.88. The van der Waals surface area contributed by atoms with Gasteiger partial charge in [0.2, 0.25) is 11.8 Å². The van der Waals surface area contributed by atoms with Crippen LogP contribution in [0.25, 0.3) is 0 Å². The van der Waals surface area contributed by atoms with Gasteiger partial charge in [0.1, 0.15) is 5.82 Å². The van der Waals surface area contributed by atoms with E-state index >= 15 is 0 Å². The lowest BCUT2D eigenvalue weighted by Gasteiger charge is -2.24. The van der Waals surface area contributed by atoms with Crippen LogP contribution >= 0.6 is 0 Å². The number of likely N-dealkylation sites (N-methyl/N-ethyl adjacent to an activating group) is 1. The number of nitrogens with zero attached hydrogens (tertiary/aromatic N) is 1. The number of para-hydroxylation sites is 1. The third-order valence-electron chi connectivity index (χ3n) is 4.51. The van der Waals surface area contributed by atoms with Crippen molar-refractivity contribution in [2.24, 2.45) is 0 Å². The average molecular weight is 371 g/mol. The molecule has 0 aliphatic carbocycles. The Labute approximate surface area is 159 Å². The van der Waals surface area contributed by atoms with Gasteiger partial charge in [0.25, 0.3) is 0 Å². The van der Waals surface area contributed by atoms with Crippen molar-refractivity contribution < 1.29 is 14.0 Å². The standard InChI is InChI=1S/C21H26FN3O2/c1-13-10-14(2)20(15(3)11-13)24-19(26)12-25(5)16(4)21(27)23-18-9-7-6-8-17(18)22/h6-11,16H,12H2,1-5H3,(H,23,27)(H,24,26). The quantitative estimate of drug-likeness (QED) is 0.815. The molecule has 2 N–H and O–H groups in total. The molecule has 144 valence electrons. The SMILES string of the molecule is Cc1cc(C)c(NC(=O)CN(C)C(C)C(=O)Nc2ccccc2F)c(C)c1. The van der Waals surface area contributed by atoms with E-state index in [9.17, 15) is 14.0 Å². The number of aryl methyl sites for hydroxylation is 3. The molecule has 0 aliphatic rings. The summed E-state index contributed by atoms with van der Waals surface area (Å²) in [5.74, 6) is -1.08. The molecule has 1 unspecified atom stereocenters. The third-order valence-corrected chi connectivity index (χ3v) is 4.51. The number of benzene rings is 2. The summed E-state index contributed by atoms with van der Waals surface area (Å²) in [5.41, 5.74) is 4.04. The fourth-order valence-electron chi connectivity index (χ4n) is 2.92. The first-order chi connectivity index (χ1) is 12.7. The minimum Gasteiger partial charge on any atom is -0.324 e. The van der Waals surface area contributed by atoms with Crippen LogP contribution in [0.4, 0.5) is 15.8 Å². The highest BCUT2D eigenvalue weighted by molar-refractivity contribution is 5.96. The van der Waals surface area contributed by atoms with Crippen LogP contribution in [0.1, 0.15) is 23.6 Å². The van der Waals surface area contributed by atoms with Gasteiger partial charge in [-0.1, -0.05) is 29.8 Å². The van der Waals surface area contributed by atoms with E-state index in [1.807, 2.05) is 32.9 Å². The maximum atomic E-state index is 13.7. The van der Waals surface area contributed by atoms with Gasteiger partial charge in [-0.05, 0) is 58.0 Å². The topological polar surface area (TPSA) is 61.4 Å². The van der Waals surface area contributed by atoms with Crippen LogP contribution in [-0.4, -0.2) is 36.3 Å². The molecule has 0 aromatic heterocycles. The largest absolute Gasteiger partial charge is 0.324 e. The predicted octanol–water partition coefficient (Wildman–Crippen LogP) is 3.65. The number of nitrogens with one attached hydrogen (secondary N) is 2. The number of carbonyl (C=O) groups excluding carboxylic acids is 2. The first-order valence-corrected chi connectivity index (χ1v) is 8.82. The number of halogens is 1. The summed E-state index contributed by atoms with van der Waals surface area (Å²) in [6, 6.07) is 9.40. The lowest BCUT2D eigenvalue weighted by molar-refractivity contribution is -0.122. The second-order valence-corrected chi connectivity index (χ2v) is 6.88. The Morgan fingerprint density at radius 3 is 2.26 bits per heavy atom. The molecule has 0 saturated carbocycles. The van der Waals surface area contributed by atoms with Crippen LogP contribution in [0, 0.1) is 26.6 Å². The molecular formula is C21H26FN3O2. The smallest absolute Gasteiger partial charge is 0.241 e. The Kier molecular flexibility index (Phi) is 6.69. The van der Waals surface area contributed by atoms with Crippen LogP contribution in [0.3, 0.4) is 0 Å². The van der Waals surface area contributed by atoms with Crippen molar-refractivity contribution in [3.63, 3.8) is 0 Å². The summed E-state index contributed by atoms with van der Waals surface area (Å²) in [6.45, 7) is 7.62. The van der Waals surface area contributed by atoms with Crippen molar-refractivity contribution in [2.75, 3.05) is 24.2 Å². The van der Waals surface area contributed by atoms with Gasteiger partial charge in [0.05, 0.1) is 18.3 Å². The monoisotopic (exact) mass is 371 g/mol. The molecule has 27 heavy (non-hydrogen) atoms. The van der Waals surface area contributed by atoms with E-state index < -0.39 is 11.9 Å². The maximum Gasteiger partial charge on any atom is 0.241 e. The number of carbonyl (C=O) groups is 2. The van der Waals surface area contributed by atoms with Crippen LogP contribution in [0.15, 0.2) is 36.4 Å². The minimum absolute atomic E-state index is 0.0403. The molecule has 2 rings (SSSR count). The number of anilines is 2. The lowest BCUT2D eigenvalue weighted by Crippen LogP contribution is -2.43. The second kappa shape index (κ2) is 8.77. The Morgan fingerprint density at radius 2 is 1.67 bits per heavy atom. The minimum atomic E-state index is -0.601. The third kappa shape index (κ3) is 5.37. The molecule has 5 nitrogen and oxygen atoms in total. The van der Waals surface area contributed by atoms with E-state index in [0.717, 1.165) is 22.4 Å². The van der Waals surface area contributed by atoms with Crippen LogP contribution < -0.4 is 10.6 Å². The molecule has 0 radical (unpaired) electrons. The fourth-order valence-corrected chi connectivity index (χ4v) is 2.92. The summed E-state index contributed by atoms with van der Waals surface area (Å²) in [5, 5.41) is 5.47. The molecule has 0 fully saturated rings. The fraction of sp³-hybridized carbons (Fsp3) is 0.333. The number of hydrogen-bond donors (Lipinski definition) is 2. The van der Waals surface area contributed by atoms with Gasteiger partial charge in [0.15, 0.2) is 0 Å². The molecule has 2 aromatic carbocycles. The van der Waals surface area contributed by atoms with Crippen LogP contribution in [-0.2, 0) is 9.59 Å². The van der Waals surface area contributed by atoms with Gasteiger partial charge in [-0.3, -0.25) is 14.5 Å². The number of rotatable bonds is 6. The van der Waals surface area contributed by atoms with Crippen LogP contribution in [0.2, 0.25) is 0 Å². The Morgan fingerprint density at radius 1 is 1.07 bits per heavy atom. The molecule has 0 saturated heterocycles. The van der Waals surface area contributed by atoms with Gasteiger partial charge in [-0.25, -0.2) is 4.39 Å². The molecule has 2 aromatic rings. The summed E-state index contributed by atoms with van der Waals surface area (Å²) < 4.78 is 13.7. The average Bonchev–Trinajstić information content (AvgIpc) is 2.59. The van der Waals surface area contributed by atoms with Crippen molar-refractivity contribution >= 4 is 23.2 Å². The van der Waals surface area contributed by atoms with Crippen molar-refractivity contribution in [1.82, 2.24) is 4.90 Å². The highest BCUT2D eigenvalue weighted by Crippen LogP contribution is 2.22. The first-order valence-electron chi connectivity index (χ1n) is 8.82.